The highest BCUT2D eigenvalue weighted by Gasteiger charge is 2.47. The minimum absolute atomic E-state index is 0.341. The number of hydrogen-bond donors (Lipinski definition) is 0. The fraction of sp³-hybridized carbons (Fsp3) is 0.333. The van der Waals surface area contributed by atoms with Crippen molar-refractivity contribution in [3.63, 3.8) is 0 Å². The van der Waals surface area contributed by atoms with Gasteiger partial charge in [0.25, 0.3) is 0 Å². The summed E-state index contributed by atoms with van der Waals surface area (Å²) in [5, 5.41) is 9.92. The lowest BCUT2D eigenvalue weighted by molar-refractivity contribution is 0.623. The van der Waals surface area contributed by atoms with Crippen molar-refractivity contribution in [2.75, 3.05) is 0 Å². The second kappa shape index (κ2) is 2.82. The molecule has 4 heteroatoms. The van der Waals surface area contributed by atoms with Crippen LogP contribution in [0.2, 0.25) is 0 Å². The quantitative estimate of drug-likeness (QED) is 0.732. The Morgan fingerprint density at radius 1 is 1.50 bits per heavy atom. The van der Waals surface area contributed by atoms with Gasteiger partial charge in [0.1, 0.15) is 11.5 Å². The average molecular weight is 215 g/mol. The molecule has 0 radical (unpaired) electrons. The number of aromatic nitrogens is 2. The number of halogens is 1. The van der Waals surface area contributed by atoms with Crippen LogP contribution >= 0.6 is 0 Å². The Morgan fingerprint density at radius 2 is 2.25 bits per heavy atom. The summed E-state index contributed by atoms with van der Waals surface area (Å²) < 4.78 is 14.9. The molecule has 0 saturated heterocycles. The number of hydrogen-bond acceptors (Lipinski definition) is 2. The van der Waals surface area contributed by atoms with Crippen LogP contribution < -0.4 is 0 Å². The zero-order valence-electron chi connectivity index (χ0n) is 8.87. The number of pyridine rings is 1. The molecular formula is C12H10FN3. The largest absolute Gasteiger partial charge is 0.331 e. The molecule has 2 aromatic rings. The number of nitriles is 1. The summed E-state index contributed by atoms with van der Waals surface area (Å²) in [4.78, 5) is 4.06. The van der Waals surface area contributed by atoms with E-state index < -0.39 is 0 Å². The van der Waals surface area contributed by atoms with Gasteiger partial charge in [0.15, 0.2) is 0 Å². The zero-order valence-corrected chi connectivity index (χ0v) is 8.87. The van der Waals surface area contributed by atoms with E-state index in [1.807, 2.05) is 17.7 Å². The van der Waals surface area contributed by atoms with Crippen LogP contribution in [-0.4, -0.2) is 9.55 Å². The Labute approximate surface area is 92.1 Å². The summed E-state index contributed by atoms with van der Waals surface area (Å²) in [6, 6.07) is 5.68. The van der Waals surface area contributed by atoms with Crippen molar-refractivity contribution in [3.05, 3.63) is 29.8 Å². The minimum atomic E-state index is -0.355. The van der Waals surface area contributed by atoms with Crippen LogP contribution in [0.15, 0.2) is 18.3 Å². The van der Waals surface area contributed by atoms with Crippen LogP contribution in [-0.2, 0) is 12.5 Å². The van der Waals surface area contributed by atoms with Crippen molar-refractivity contribution in [2.45, 2.75) is 18.3 Å². The molecule has 0 aliphatic heterocycles. The van der Waals surface area contributed by atoms with Gasteiger partial charge in [-0.25, -0.2) is 9.37 Å². The van der Waals surface area contributed by atoms with E-state index in [2.05, 4.69) is 11.1 Å². The van der Waals surface area contributed by atoms with E-state index in [0.717, 1.165) is 29.6 Å². The molecule has 0 spiro atoms. The fourth-order valence-electron chi connectivity index (χ4n) is 2.20. The van der Waals surface area contributed by atoms with Crippen molar-refractivity contribution in [1.29, 1.82) is 5.26 Å². The predicted octanol–water partition coefficient (Wildman–Crippen LogP) is 2.27. The molecule has 3 rings (SSSR count). The van der Waals surface area contributed by atoms with Gasteiger partial charge in [-0.05, 0) is 25.0 Å². The van der Waals surface area contributed by atoms with Crippen LogP contribution in [0.25, 0.3) is 11.0 Å². The molecule has 0 aromatic carbocycles. The predicted molar refractivity (Wildman–Crippen MR) is 57.2 cm³/mol. The van der Waals surface area contributed by atoms with Crippen molar-refractivity contribution in [2.24, 2.45) is 7.05 Å². The number of fused-ring (bicyclic) bond motifs is 1. The monoisotopic (exact) mass is 215 g/mol. The molecule has 0 N–H and O–H groups in total. The SMILES string of the molecule is Cn1c(C2(C#N)CC2)cc2cc(F)cnc21. The molecule has 2 aromatic heterocycles. The van der Waals surface area contributed by atoms with E-state index in [0.29, 0.717) is 0 Å². The Kier molecular flexibility index (Phi) is 1.65. The van der Waals surface area contributed by atoms with Crippen molar-refractivity contribution in [1.82, 2.24) is 9.55 Å². The van der Waals surface area contributed by atoms with Gasteiger partial charge >= 0.3 is 0 Å². The summed E-state index contributed by atoms with van der Waals surface area (Å²) in [5.74, 6) is -0.341. The maximum Gasteiger partial charge on any atom is 0.142 e. The Morgan fingerprint density at radius 3 is 2.88 bits per heavy atom. The first-order chi connectivity index (χ1) is 7.66. The second-order valence-corrected chi connectivity index (χ2v) is 4.35. The molecule has 1 aliphatic carbocycles. The highest BCUT2D eigenvalue weighted by Crippen LogP contribution is 2.48. The van der Waals surface area contributed by atoms with Gasteiger partial charge in [-0.15, -0.1) is 0 Å². The maximum atomic E-state index is 13.0. The van der Waals surface area contributed by atoms with Gasteiger partial charge < -0.3 is 4.57 Å². The molecule has 0 bridgehead atoms. The lowest BCUT2D eigenvalue weighted by atomic mass is 10.1. The van der Waals surface area contributed by atoms with Gasteiger partial charge in [-0.2, -0.15) is 5.26 Å². The van der Waals surface area contributed by atoms with Gasteiger partial charge in [0.2, 0.25) is 0 Å². The smallest absolute Gasteiger partial charge is 0.142 e. The molecular weight excluding hydrogens is 205 g/mol. The third-order valence-electron chi connectivity index (χ3n) is 3.29. The molecule has 80 valence electrons. The zero-order chi connectivity index (χ0) is 11.3. The highest BCUT2D eigenvalue weighted by molar-refractivity contribution is 5.78. The van der Waals surface area contributed by atoms with Crippen LogP contribution in [0.5, 0.6) is 0 Å². The van der Waals surface area contributed by atoms with Crippen molar-refractivity contribution >= 4 is 11.0 Å². The van der Waals surface area contributed by atoms with Gasteiger partial charge in [0.05, 0.1) is 17.7 Å². The van der Waals surface area contributed by atoms with Gasteiger partial charge in [-0.3, -0.25) is 0 Å². The summed E-state index contributed by atoms with van der Waals surface area (Å²) in [6.45, 7) is 0. The van der Waals surface area contributed by atoms with Crippen molar-refractivity contribution in [3.8, 4) is 6.07 Å². The molecule has 16 heavy (non-hydrogen) atoms. The van der Waals surface area contributed by atoms with Crippen LogP contribution in [0.4, 0.5) is 4.39 Å². The van der Waals surface area contributed by atoms with Crippen LogP contribution in [0, 0.1) is 17.1 Å². The van der Waals surface area contributed by atoms with E-state index in [1.54, 1.807) is 0 Å². The topological polar surface area (TPSA) is 41.6 Å². The van der Waals surface area contributed by atoms with Gasteiger partial charge in [-0.1, -0.05) is 0 Å². The summed E-state index contributed by atoms with van der Waals surface area (Å²) in [6.07, 6.45) is 2.98. The third kappa shape index (κ3) is 1.09. The summed E-state index contributed by atoms with van der Waals surface area (Å²) in [5.41, 5.74) is 1.33. The Hall–Kier alpha value is -1.89. The van der Waals surface area contributed by atoms with Gasteiger partial charge in [0, 0.05) is 18.1 Å². The second-order valence-electron chi connectivity index (χ2n) is 4.35. The lowest BCUT2D eigenvalue weighted by Crippen LogP contribution is -2.08. The van der Waals surface area contributed by atoms with Crippen LogP contribution in [0.3, 0.4) is 0 Å². The first-order valence-electron chi connectivity index (χ1n) is 5.19. The number of rotatable bonds is 1. The van der Waals surface area contributed by atoms with E-state index in [4.69, 9.17) is 5.26 Å². The average Bonchev–Trinajstić information content (AvgIpc) is 3.00. The summed E-state index contributed by atoms with van der Waals surface area (Å²) >= 11 is 0. The van der Waals surface area contributed by atoms with E-state index in [9.17, 15) is 4.39 Å². The molecule has 2 heterocycles. The molecule has 1 aliphatic rings. The molecule has 0 amide bonds. The van der Waals surface area contributed by atoms with E-state index >= 15 is 0 Å². The molecule has 3 nitrogen and oxygen atoms in total. The number of aryl methyl sites for hydroxylation is 1. The number of nitrogens with zero attached hydrogens (tertiary/aromatic N) is 3. The fourth-order valence-corrected chi connectivity index (χ4v) is 2.20. The molecule has 1 fully saturated rings. The standard InChI is InChI=1S/C12H10FN3/c1-16-10(12(7-14)2-3-12)5-8-4-9(13)6-15-11(8)16/h4-6H,2-3H2,1H3. The summed E-state index contributed by atoms with van der Waals surface area (Å²) in [7, 11) is 1.87. The molecule has 1 saturated carbocycles. The Bertz CT molecular complexity index is 617. The minimum Gasteiger partial charge on any atom is -0.331 e. The Balaban J connectivity index is 2.28. The maximum absolute atomic E-state index is 13.0. The first kappa shape index (κ1) is 9.34. The third-order valence-corrected chi connectivity index (χ3v) is 3.29. The lowest BCUT2D eigenvalue weighted by Gasteiger charge is -2.06. The van der Waals surface area contributed by atoms with E-state index in [-0.39, 0.29) is 11.2 Å². The van der Waals surface area contributed by atoms with Crippen molar-refractivity contribution < 1.29 is 4.39 Å². The normalized spacial score (nSPS) is 17.3. The highest BCUT2D eigenvalue weighted by atomic mass is 19.1. The van der Waals surface area contributed by atoms with Crippen LogP contribution in [0.1, 0.15) is 18.5 Å². The molecule has 0 atom stereocenters. The first-order valence-corrected chi connectivity index (χ1v) is 5.19. The van der Waals surface area contributed by atoms with E-state index in [1.165, 1.54) is 12.3 Å². The molecule has 0 unspecified atom stereocenters.